The highest BCUT2D eigenvalue weighted by Crippen LogP contribution is 2.42. The van der Waals surface area contributed by atoms with Gasteiger partial charge in [0.2, 0.25) is 0 Å². The van der Waals surface area contributed by atoms with Gasteiger partial charge in [-0.05, 0) is 87.0 Å². The van der Waals surface area contributed by atoms with Crippen LogP contribution in [0.3, 0.4) is 0 Å². The van der Waals surface area contributed by atoms with Crippen molar-refractivity contribution < 1.29 is 0 Å². The molecule has 262 valence electrons. The number of pyridine rings is 4. The Morgan fingerprint density at radius 1 is 0.286 bits per heavy atom. The molecule has 10 rings (SSSR count). The van der Waals surface area contributed by atoms with E-state index < -0.39 is 0 Å². The van der Waals surface area contributed by atoms with Gasteiger partial charge < -0.3 is 0 Å². The van der Waals surface area contributed by atoms with Crippen LogP contribution in [0.5, 0.6) is 0 Å². The number of fused-ring (bicyclic) bond motifs is 3. The summed E-state index contributed by atoms with van der Waals surface area (Å²) >= 11 is 0. The molecule has 0 atom stereocenters. The highest BCUT2D eigenvalue weighted by atomic mass is 14.8. The van der Waals surface area contributed by atoms with Gasteiger partial charge >= 0.3 is 0 Å². The third-order valence-corrected chi connectivity index (χ3v) is 10.4. The Morgan fingerprint density at radius 2 is 0.839 bits per heavy atom. The molecule has 0 unspecified atom stereocenters. The van der Waals surface area contributed by atoms with E-state index >= 15 is 0 Å². The van der Waals surface area contributed by atoms with Gasteiger partial charge in [0.05, 0.1) is 34.0 Å². The summed E-state index contributed by atoms with van der Waals surface area (Å²) < 4.78 is 0. The van der Waals surface area contributed by atoms with Gasteiger partial charge in [0, 0.05) is 34.1 Å². The summed E-state index contributed by atoms with van der Waals surface area (Å²) in [6.45, 7) is 0. The Morgan fingerprint density at radius 3 is 1.48 bits per heavy atom. The van der Waals surface area contributed by atoms with E-state index in [1.54, 1.807) is 12.4 Å². The maximum Gasteiger partial charge on any atom is 0.0900 e. The fourth-order valence-corrected chi connectivity index (χ4v) is 7.71. The zero-order valence-corrected chi connectivity index (χ0v) is 30.4. The van der Waals surface area contributed by atoms with E-state index in [1.165, 1.54) is 27.6 Å². The molecule has 4 nitrogen and oxygen atoms in total. The highest BCUT2D eigenvalue weighted by molar-refractivity contribution is 6.18. The van der Waals surface area contributed by atoms with Gasteiger partial charge in [-0.25, -0.2) is 9.97 Å². The smallest absolute Gasteiger partial charge is 0.0900 e. The predicted molar refractivity (Wildman–Crippen MR) is 231 cm³/mol. The molecular weight excluding hydrogens is 681 g/mol. The molecule has 0 radical (unpaired) electrons. The third kappa shape index (κ3) is 6.19. The van der Waals surface area contributed by atoms with Crippen molar-refractivity contribution in [3.05, 3.63) is 207 Å². The molecule has 0 bridgehead atoms. The molecule has 6 aromatic carbocycles. The zero-order chi connectivity index (χ0) is 37.3. The fraction of sp³-hybridized carbons (Fsp3) is 0. The largest absolute Gasteiger partial charge is 0.255 e. The Bertz CT molecular complexity index is 2930. The first-order chi connectivity index (χ1) is 27.8. The zero-order valence-electron chi connectivity index (χ0n) is 30.4. The van der Waals surface area contributed by atoms with E-state index in [-0.39, 0.29) is 0 Å². The van der Waals surface area contributed by atoms with Crippen molar-refractivity contribution in [3.63, 3.8) is 0 Å². The quantitative estimate of drug-likeness (QED) is 0.154. The molecule has 0 fully saturated rings. The summed E-state index contributed by atoms with van der Waals surface area (Å²) in [6, 6.07) is 68.0. The molecule has 0 aliphatic heterocycles. The Labute approximate surface area is 325 Å². The van der Waals surface area contributed by atoms with Gasteiger partial charge in [0.25, 0.3) is 0 Å². The normalized spacial score (nSPS) is 11.2. The van der Waals surface area contributed by atoms with Crippen LogP contribution in [0, 0.1) is 0 Å². The van der Waals surface area contributed by atoms with Gasteiger partial charge in [-0.15, -0.1) is 0 Å². The minimum atomic E-state index is 0.806. The fourth-order valence-electron chi connectivity index (χ4n) is 7.71. The molecule has 0 spiro atoms. The van der Waals surface area contributed by atoms with Crippen LogP contribution in [0.2, 0.25) is 0 Å². The van der Waals surface area contributed by atoms with E-state index in [0.29, 0.717) is 0 Å². The molecule has 0 aliphatic carbocycles. The van der Waals surface area contributed by atoms with E-state index in [0.717, 1.165) is 72.6 Å². The number of hydrogen-bond donors (Lipinski definition) is 0. The first kappa shape index (κ1) is 33.0. The van der Waals surface area contributed by atoms with Gasteiger partial charge in [-0.2, -0.15) is 0 Å². The van der Waals surface area contributed by atoms with Gasteiger partial charge in [0.1, 0.15) is 0 Å². The molecule has 56 heavy (non-hydrogen) atoms. The van der Waals surface area contributed by atoms with Crippen molar-refractivity contribution >= 4 is 21.7 Å². The van der Waals surface area contributed by atoms with Crippen LogP contribution in [0.15, 0.2) is 207 Å². The van der Waals surface area contributed by atoms with E-state index in [4.69, 9.17) is 9.97 Å². The molecule has 10 aromatic rings. The molecule has 0 N–H and O–H groups in total. The topological polar surface area (TPSA) is 51.6 Å². The maximum absolute atomic E-state index is 5.40. The minimum absolute atomic E-state index is 0.806. The van der Waals surface area contributed by atoms with Gasteiger partial charge in [-0.1, -0.05) is 152 Å². The summed E-state index contributed by atoms with van der Waals surface area (Å²) in [5, 5.41) is 3.46. The lowest BCUT2D eigenvalue weighted by atomic mass is 9.88. The first-order valence-corrected chi connectivity index (χ1v) is 18.8. The van der Waals surface area contributed by atoms with Gasteiger partial charge in [-0.3, -0.25) is 9.97 Å². The van der Waals surface area contributed by atoms with Crippen molar-refractivity contribution in [2.75, 3.05) is 0 Å². The lowest BCUT2D eigenvalue weighted by Gasteiger charge is -2.17. The molecule has 0 aliphatic rings. The Kier molecular flexibility index (Phi) is 8.47. The predicted octanol–water partition coefficient (Wildman–Crippen LogP) is 13.2. The van der Waals surface area contributed by atoms with E-state index in [1.807, 2.05) is 36.4 Å². The van der Waals surface area contributed by atoms with Crippen molar-refractivity contribution in [2.45, 2.75) is 0 Å². The van der Waals surface area contributed by atoms with Crippen LogP contribution < -0.4 is 0 Å². The Hall–Kier alpha value is -7.56. The standard InChI is InChI=1S/C52H34N4/c1-3-14-37(15-4-1)41-18-7-8-19-42(41)43-20-13-21-45-51(43)44-29-28-39(32-48(44)56-52(45)38-16-5-2-6-17-38)35-24-26-36(27-25-35)40-33-49(46-22-9-11-30-53-46)55-50(34-40)47-23-10-12-31-54-47/h1-34H. The number of nitrogens with zero attached hydrogens (tertiary/aromatic N) is 4. The highest BCUT2D eigenvalue weighted by Gasteiger charge is 2.18. The summed E-state index contributed by atoms with van der Waals surface area (Å²) in [4.78, 5) is 19.5. The SMILES string of the molecule is c1ccc(-c2ccccc2-c2cccc3c(-c4ccccc4)nc4cc(-c5ccc(-c6cc(-c7ccccn7)nc(-c7ccccn7)c6)cc5)ccc4c23)cc1. The van der Waals surface area contributed by atoms with Gasteiger partial charge in [0.15, 0.2) is 0 Å². The molecule has 0 saturated carbocycles. The first-order valence-electron chi connectivity index (χ1n) is 18.8. The number of benzene rings is 6. The minimum Gasteiger partial charge on any atom is -0.255 e. The second kappa shape index (κ2) is 14.3. The van der Waals surface area contributed by atoms with Crippen LogP contribution in [0.1, 0.15) is 0 Å². The van der Waals surface area contributed by atoms with Crippen molar-refractivity contribution in [3.8, 4) is 78.5 Å². The number of hydrogen-bond acceptors (Lipinski definition) is 4. The molecular formula is C52H34N4. The van der Waals surface area contributed by atoms with Crippen LogP contribution in [-0.4, -0.2) is 19.9 Å². The third-order valence-electron chi connectivity index (χ3n) is 10.4. The Balaban J connectivity index is 1.11. The molecule has 4 heteroatoms. The van der Waals surface area contributed by atoms with E-state index in [9.17, 15) is 0 Å². The van der Waals surface area contributed by atoms with Crippen LogP contribution >= 0.6 is 0 Å². The average Bonchev–Trinajstić information content (AvgIpc) is 3.29. The van der Waals surface area contributed by atoms with Crippen LogP contribution in [-0.2, 0) is 0 Å². The summed E-state index contributed by atoms with van der Waals surface area (Å²) in [5.74, 6) is 0. The molecule has 0 amide bonds. The molecule has 0 saturated heterocycles. The lowest BCUT2D eigenvalue weighted by Crippen LogP contribution is -1.94. The van der Waals surface area contributed by atoms with Crippen molar-refractivity contribution in [2.24, 2.45) is 0 Å². The summed E-state index contributed by atoms with van der Waals surface area (Å²) in [5.41, 5.74) is 15.4. The maximum atomic E-state index is 5.40. The summed E-state index contributed by atoms with van der Waals surface area (Å²) in [7, 11) is 0. The second-order valence-corrected chi connectivity index (χ2v) is 13.8. The number of rotatable bonds is 7. The van der Waals surface area contributed by atoms with E-state index in [2.05, 4.69) is 168 Å². The molecule has 4 aromatic heterocycles. The number of aromatic nitrogens is 4. The lowest BCUT2D eigenvalue weighted by molar-refractivity contribution is 1.22. The van der Waals surface area contributed by atoms with Crippen LogP contribution in [0.25, 0.3) is 100 Å². The second-order valence-electron chi connectivity index (χ2n) is 13.8. The van der Waals surface area contributed by atoms with Crippen molar-refractivity contribution in [1.29, 1.82) is 0 Å². The summed E-state index contributed by atoms with van der Waals surface area (Å²) in [6.07, 6.45) is 3.60. The molecule has 4 heterocycles. The monoisotopic (exact) mass is 714 g/mol. The van der Waals surface area contributed by atoms with Crippen LogP contribution in [0.4, 0.5) is 0 Å². The van der Waals surface area contributed by atoms with Crippen molar-refractivity contribution in [1.82, 2.24) is 19.9 Å². The average molecular weight is 715 g/mol.